The zero-order chi connectivity index (χ0) is 31.2. The maximum Gasteiger partial charge on any atom is 0.137 e. The summed E-state index contributed by atoms with van der Waals surface area (Å²) in [4.78, 5) is 39.1. The fourth-order valence-electron chi connectivity index (χ4n) is 6.46. The van der Waals surface area contributed by atoms with Crippen molar-refractivity contribution in [3.05, 3.63) is 105 Å². The molecule has 7 heteroatoms. The standard InChI is InChI=1S/C36H40N4O3/c1-9-24-20(5)27-14-28-22(7)26(12-11-18(3)41)33(39-28)17-34-36(35(43)13-19(4)42)23(8)30(40-34)16-32-25(10-2)21(6)29(38-32)15-31(24)37-27/h9,14-17,22,26,39,43H,1,10-13H2,2-8H3/t22-,26-/m0/s1. The number of nitrogens with one attached hydrogen (secondary N) is 1. The smallest absolute Gasteiger partial charge is 0.137 e. The highest BCUT2D eigenvalue weighted by Crippen LogP contribution is 2.40. The van der Waals surface area contributed by atoms with E-state index in [1.807, 2.05) is 31.2 Å². The van der Waals surface area contributed by atoms with Crippen LogP contribution in [0.5, 0.6) is 0 Å². The van der Waals surface area contributed by atoms with Crippen molar-refractivity contribution in [2.75, 3.05) is 0 Å². The van der Waals surface area contributed by atoms with Gasteiger partial charge in [-0.15, -0.1) is 0 Å². The molecule has 0 radical (unpaired) electrons. The van der Waals surface area contributed by atoms with Crippen LogP contribution in [0.2, 0.25) is 0 Å². The number of Topliss-reactive ketones (excluding diaryl/α,β-unsaturated/α-hetero) is 2. The molecular formula is C36H40N4O3. The van der Waals surface area contributed by atoms with Gasteiger partial charge in [0.2, 0.25) is 0 Å². The highest BCUT2D eigenvalue weighted by Gasteiger charge is 2.35. The molecular weight excluding hydrogens is 536 g/mol. The van der Waals surface area contributed by atoms with E-state index in [0.29, 0.717) is 29.8 Å². The quantitative estimate of drug-likeness (QED) is 0.308. The lowest BCUT2D eigenvalue weighted by atomic mass is 9.87. The van der Waals surface area contributed by atoms with Gasteiger partial charge in [-0.25, -0.2) is 15.0 Å². The van der Waals surface area contributed by atoms with E-state index in [9.17, 15) is 14.7 Å². The van der Waals surface area contributed by atoms with Gasteiger partial charge in [-0.2, -0.15) is 0 Å². The summed E-state index contributed by atoms with van der Waals surface area (Å²) in [6.45, 7) is 17.5. The number of hydrogen-bond acceptors (Lipinski definition) is 7. The Bertz CT molecular complexity index is 1710. The van der Waals surface area contributed by atoms with E-state index in [1.165, 1.54) is 6.92 Å². The summed E-state index contributed by atoms with van der Waals surface area (Å²) in [5.74, 6) is 0.135. The summed E-state index contributed by atoms with van der Waals surface area (Å²) in [6.07, 6.45) is 11.8. The van der Waals surface area contributed by atoms with Crippen LogP contribution in [-0.4, -0.2) is 33.8 Å². The van der Waals surface area contributed by atoms with Crippen LogP contribution < -0.4 is 5.32 Å². The highest BCUT2D eigenvalue weighted by atomic mass is 16.3. The first-order valence-electron chi connectivity index (χ1n) is 15.0. The van der Waals surface area contributed by atoms with Crippen molar-refractivity contribution in [1.29, 1.82) is 0 Å². The minimum Gasteiger partial charge on any atom is -0.511 e. The van der Waals surface area contributed by atoms with E-state index in [4.69, 9.17) is 15.0 Å². The van der Waals surface area contributed by atoms with Gasteiger partial charge in [-0.1, -0.05) is 26.5 Å². The van der Waals surface area contributed by atoms with Crippen molar-refractivity contribution in [2.45, 2.75) is 74.1 Å². The van der Waals surface area contributed by atoms with E-state index in [-0.39, 0.29) is 35.6 Å². The third-order valence-electron chi connectivity index (χ3n) is 8.93. The second kappa shape index (κ2) is 11.7. The Morgan fingerprint density at radius 3 is 2.23 bits per heavy atom. The first-order valence-corrected chi connectivity index (χ1v) is 15.0. The number of aliphatic imine (C=N–C) groups is 3. The predicted octanol–water partition coefficient (Wildman–Crippen LogP) is 7.42. The zero-order valence-electron chi connectivity index (χ0n) is 26.2. The van der Waals surface area contributed by atoms with Crippen LogP contribution in [0.3, 0.4) is 0 Å². The number of hydrogen-bond donors (Lipinski definition) is 2. The normalized spacial score (nSPS) is 24.2. The molecule has 2 N–H and O–H groups in total. The zero-order valence-corrected chi connectivity index (χ0v) is 26.2. The molecule has 0 aromatic heterocycles. The number of aliphatic hydroxyl groups is 1. The molecule has 5 heterocycles. The maximum atomic E-state index is 12.0. The number of carbonyl (C=O) groups excluding carboxylic acids is 2. The summed E-state index contributed by atoms with van der Waals surface area (Å²) in [5.41, 5.74) is 12.2. The molecule has 0 aliphatic carbocycles. The molecule has 5 aliphatic heterocycles. The van der Waals surface area contributed by atoms with Crippen molar-refractivity contribution in [3.8, 4) is 0 Å². The summed E-state index contributed by atoms with van der Waals surface area (Å²) >= 11 is 0. The third-order valence-corrected chi connectivity index (χ3v) is 8.93. The molecule has 5 rings (SSSR count). The lowest BCUT2D eigenvalue weighted by Crippen LogP contribution is -2.13. The second-order valence-corrected chi connectivity index (χ2v) is 11.9. The fourth-order valence-corrected chi connectivity index (χ4v) is 6.46. The molecule has 0 unspecified atom stereocenters. The molecule has 0 amide bonds. The average Bonchev–Trinajstić information content (AvgIpc) is 3.60. The van der Waals surface area contributed by atoms with Crippen LogP contribution in [0, 0.1) is 11.8 Å². The van der Waals surface area contributed by atoms with Gasteiger partial charge in [0.15, 0.2) is 0 Å². The lowest BCUT2D eigenvalue weighted by Gasteiger charge is -2.15. The van der Waals surface area contributed by atoms with Crippen molar-refractivity contribution in [2.24, 2.45) is 26.8 Å². The Balaban J connectivity index is 1.79. The summed E-state index contributed by atoms with van der Waals surface area (Å²) < 4.78 is 0. The molecule has 1 fully saturated rings. The van der Waals surface area contributed by atoms with Crippen LogP contribution in [0.1, 0.15) is 74.1 Å². The van der Waals surface area contributed by atoms with E-state index in [0.717, 1.165) is 68.5 Å². The van der Waals surface area contributed by atoms with Gasteiger partial charge < -0.3 is 15.2 Å². The molecule has 0 aromatic carbocycles. The molecule has 0 saturated carbocycles. The largest absolute Gasteiger partial charge is 0.511 e. The first kappa shape index (κ1) is 30.1. The molecule has 0 spiro atoms. The van der Waals surface area contributed by atoms with E-state index < -0.39 is 0 Å². The van der Waals surface area contributed by atoms with Gasteiger partial charge >= 0.3 is 0 Å². The summed E-state index contributed by atoms with van der Waals surface area (Å²) in [5, 5.41) is 14.8. The lowest BCUT2D eigenvalue weighted by molar-refractivity contribution is -0.117. The van der Waals surface area contributed by atoms with Gasteiger partial charge in [0.1, 0.15) is 17.3 Å². The van der Waals surface area contributed by atoms with E-state index in [1.54, 1.807) is 6.92 Å². The molecule has 8 bridgehead atoms. The number of carbonyl (C=O) groups is 2. The van der Waals surface area contributed by atoms with Gasteiger partial charge in [-0.05, 0) is 94.1 Å². The van der Waals surface area contributed by atoms with Crippen LogP contribution in [0.25, 0.3) is 0 Å². The van der Waals surface area contributed by atoms with E-state index in [2.05, 4.69) is 45.7 Å². The van der Waals surface area contributed by atoms with Gasteiger partial charge in [0, 0.05) is 40.8 Å². The minimum absolute atomic E-state index is 0.00109. The Kier molecular flexibility index (Phi) is 8.19. The maximum absolute atomic E-state index is 12.0. The number of aliphatic hydroxyl groups excluding tert-OH is 1. The van der Waals surface area contributed by atoms with Crippen LogP contribution in [0.4, 0.5) is 0 Å². The van der Waals surface area contributed by atoms with Crippen LogP contribution >= 0.6 is 0 Å². The number of allylic oxidation sites excluding steroid dienone is 13. The molecule has 222 valence electrons. The number of ketones is 2. The van der Waals surface area contributed by atoms with Crippen molar-refractivity contribution in [1.82, 2.24) is 5.32 Å². The van der Waals surface area contributed by atoms with Crippen molar-refractivity contribution < 1.29 is 14.7 Å². The number of rotatable bonds is 7. The first-order chi connectivity index (χ1) is 20.4. The Morgan fingerprint density at radius 1 is 0.907 bits per heavy atom. The second-order valence-electron chi connectivity index (χ2n) is 11.9. The molecule has 7 nitrogen and oxygen atoms in total. The molecule has 2 atom stereocenters. The molecule has 1 saturated heterocycles. The van der Waals surface area contributed by atoms with Gasteiger partial charge in [0.05, 0.1) is 40.6 Å². The Labute approximate surface area is 254 Å². The molecule has 5 aliphatic rings. The van der Waals surface area contributed by atoms with Gasteiger partial charge in [-0.3, -0.25) is 4.79 Å². The minimum atomic E-state index is -0.129. The topological polar surface area (TPSA) is 103 Å². The Morgan fingerprint density at radius 2 is 1.58 bits per heavy atom. The third kappa shape index (κ3) is 5.56. The average molecular weight is 577 g/mol. The van der Waals surface area contributed by atoms with Crippen LogP contribution in [0.15, 0.2) is 120 Å². The van der Waals surface area contributed by atoms with Crippen LogP contribution in [-0.2, 0) is 9.59 Å². The number of nitrogens with zero attached hydrogens (tertiary/aromatic N) is 3. The summed E-state index contributed by atoms with van der Waals surface area (Å²) in [7, 11) is 0. The molecule has 43 heavy (non-hydrogen) atoms. The van der Waals surface area contributed by atoms with Crippen molar-refractivity contribution >= 4 is 28.7 Å². The van der Waals surface area contributed by atoms with Gasteiger partial charge in [0.25, 0.3) is 0 Å². The Hall–Kier alpha value is -4.39. The van der Waals surface area contributed by atoms with Crippen molar-refractivity contribution in [3.63, 3.8) is 0 Å². The summed E-state index contributed by atoms with van der Waals surface area (Å²) in [6, 6.07) is 0. The number of fused-ring (bicyclic) bond motifs is 5. The monoisotopic (exact) mass is 576 g/mol. The predicted molar refractivity (Wildman–Crippen MR) is 174 cm³/mol. The SMILES string of the molecule is C=CC1=C(C)C2=NC1=CC1=NC(=CC3=C(C)C(=C(O)CC(C)=O)C(=N3)C=C3NC(=C2)[C@@H](C)[C@@H]3CCC(C)=O)C(CC)=C1C. The highest BCUT2D eigenvalue weighted by molar-refractivity contribution is 6.17. The molecule has 0 aromatic rings. The fraction of sp³-hybridized carbons (Fsp3) is 0.361. The van der Waals surface area contributed by atoms with E-state index >= 15 is 0 Å².